The average Bonchev–Trinajstić information content (AvgIpc) is 3.64. The van der Waals surface area contributed by atoms with E-state index in [1.807, 2.05) is 42.5 Å². The minimum Gasteiger partial charge on any atom is -0.308 e. The van der Waals surface area contributed by atoms with Crippen LogP contribution < -0.4 is 15.9 Å². The minimum absolute atomic E-state index is 0.743. The van der Waals surface area contributed by atoms with Crippen molar-refractivity contribution in [1.82, 2.24) is 9.55 Å². The van der Waals surface area contributed by atoms with Crippen LogP contribution in [-0.2, 0) is 11.0 Å². The van der Waals surface area contributed by atoms with Gasteiger partial charge >= 0.3 is 0 Å². The molecule has 0 aliphatic carbocycles. The summed E-state index contributed by atoms with van der Waals surface area (Å²) in [5, 5.41) is 9.78. The van der Waals surface area contributed by atoms with Crippen LogP contribution in [0.5, 0.6) is 0 Å². The molecule has 3 nitrogen and oxygen atoms in total. The Morgan fingerprint density at radius 3 is 1.93 bits per heavy atom. The first-order chi connectivity index (χ1) is 27.1. The number of benzene rings is 9. The van der Waals surface area contributed by atoms with Gasteiger partial charge in [-0.3, -0.25) is 4.57 Å². The van der Waals surface area contributed by atoms with Crippen LogP contribution in [0.15, 0.2) is 182 Å². The second-order valence-corrected chi connectivity index (χ2v) is 17.1. The van der Waals surface area contributed by atoms with Gasteiger partial charge in [0.1, 0.15) is 5.82 Å². The minimum atomic E-state index is -3.28. The molecule has 11 rings (SSSR count). The summed E-state index contributed by atoms with van der Waals surface area (Å²) >= 11 is 0. The smallest absolute Gasteiger partial charge is 0.175 e. The third kappa shape index (κ3) is 4.57. The predicted molar refractivity (Wildman–Crippen MR) is 232 cm³/mol. The number of rotatable bonds is 5. The van der Waals surface area contributed by atoms with Crippen LogP contribution in [0.3, 0.4) is 0 Å². The summed E-state index contributed by atoms with van der Waals surface area (Å²) in [4.78, 5) is 5.15. The van der Waals surface area contributed by atoms with Gasteiger partial charge in [0, 0.05) is 27.9 Å². The summed E-state index contributed by atoms with van der Waals surface area (Å²) < 4.78 is 18.3. The Labute approximate surface area is 319 Å². The number of fused-ring (bicyclic) bond motifs is 5. The zero-order valence-electron chi connectivity index (χ0n) is 30.3. The lowest BCUT2D eigenvalue weighted by atomic mass is 9.83. The average molecular weight is 723 g/mol. The number of imidazole rings is 1. The van der Waals surface area contributed by atoms with E-state index >= 15 is 4.57 Å². The van der Waals surface area contributed by atoms with E-state index < -0.39 is 7.14 Å². The van der Waals surface area contributed by atoms with E-state index in [4.69, 9.17) is 4.98 Å². The van der Waals surface area contributed by atoms with Crippen LogP contribution in [0, 0.1) is 0 Å². The summed E-state index contributed by atoms with van der Waals surface area (Å²) in [5.41, 5.74) is 9.73. The van der Waals surface area contributed by atoms with Gasteiger partial charge in [-0.2, -0.15) is 0 Å². The molecule has 0 bridgehead atoms. The van der Waals surface area contributed by atoms with E-state index in [1.54, 1.807) is 0 Å². The lowest BCUT2D eigenvalue weighted by molar-refractivity contribution is 0.592. The quantitative estimate of drug-likeness (QED) is 0.131. The van der Waals surface area contributed by atoms with Crippen molar-refractivity contribution in [3.63, 3.8) is 0 Å². The fraction of sp³-hybridized carbons (Fsp3) is 0.0392. The zero-order chi connectivity index (χ0) is 36.7. The fourth-order valence-electron chi connectivity index (χ4n) is 9.18. The Bertz CT molecular complexity index is 3210. The van der Waals surface area contributed by atoms with Crippen molar-refractivity contribution in [2.75, 3.05) is 0 Å². The van der Waals surface area contributed by atoms with Crippen molar-refractivity contribution >= 4 is 66.4 Å². The van der Waals surface area contributed by atoms with E-state index in [1.165, 1.54) is 54.6 Å². The van der Waals surface area contributed by atoms with Gasteiger partial charge in [0.15, 0.2) is 7.14 Å². The molecule has 1 aliphatic rings. The molecule has 2 heterocycles. The van der Waals surface area contributed by atoms with Gasteiger partial charge in [0.05, 0.1) is 16.7 Å². The van der Waals surface area contributed by atoms with Gasteiger partial charge in [-0.15, -0.1) is 0 Å². The Morgan fingerprint density at radius 1 is 0.509 bits per heavy atom. The summed E-state index contributed by atoms with van der Waals surface area (Å²) in [7, 11) is -3.28. The maximum atomic E-state index is 16.0. The Balaban J connectivity index is 1.29. The molecule has 55 heavy (non-hydrogen) atoms. The van der Waals surface area contributed by atoms with Crippen LogP contribution in [0.2, 0.25) is 0 Å². The Hall–Kier alpha value is -6.54. The summed E-state index contributed by atoms with van der Waals surface area (Å²) in [6.45, 7) is 2.15. The van der Waals surface area contributed by atoms with E-state index in [2.05, 4.69) is 151 Å². The van der Waals surface area contributed by atoms with Crippen LogP contribution >= 0.6 is 7.14 Å². The Kier molecular flexibility index (Phi) is 7.11. The maximum Gasteiger partial charge on any atom is 0.175 e. The maximum absolute atomic E-state index is 16.0. The highest BCUT2D eigenvalue weighted by atomic mass is 31.2. The molecule has 0 saturated carbocycles. The molecule has 1 aromatic heterocycles. The molecule has 0 fully saturated rings. The monoisotopic (exact) mass is 722 g/mol. The van der Waals surface area contributed by atoms with Crippen molar-refractivity contribution < 1.29 is 4.57 Å². The highest BCUT2D eigenvalue weighted by Crippen LogP contribution is 2.52. The lowest BCUT2D eigenvalue weighted by Gasteiger charge is -2.31. The highest BCUT2D eigenvalue weighted by molar-refractivity contribution is 7.86. The van der Waals surface area contributed by atoms with Gasteiger partial charge in [0.25, 0.3) is 0 Å². The SMILES string of the molecule is CCc1nc2cccc3c2n1-c1c(-c2ccc4c(-c5ccccc5)c5ccccc5c(-c5cccc6ccccc56)c4c2)cccc1P3(=O)c1ccccc1. The van der Waals surface area contributed by atoms with E-state index in [-0.39, 0.29) is 0 Å². The van der Waals surface area contributed by atoms with Crippen molar-refractivity contribution in [3.05, 3.63) is 188 Å². The largest absolute Gasteiger partial charge is 0.308 e. The van der Waals surface area contributed by atoms with Gasteiger partial charge in [-0.05, 0) is 84.4 Å². The van der Waals surface area contributed by atoms with Crippen LogP contribution in [-0.4, -0.2) is 9.55 Å². The highest BCUT2D eigenvalue weighted by Gasteiger charge is 2.40. The van der Waals surface area contributed by atoms with E-state index in [9.17, 15) is 0 Å². The molecule has 10 aromatic rings. The molecule has 260 valence electrons. The number of hydrogen-bond acceptors (Lipinski definition) is 2. The standard InChI is InChI=1S/C51H35N2OP/c1-2-47-52-44-27-15-29-46-51(44)53(47)50-38(25-14-28-45(50)55(46,54)36-20-7-4-8-21-36)35-30-31-42-43(32-35)49(39-26-13-19-33-16-9-10-22-37(33)39)41-24-12-11-23-40(41)48(42)34-17-5-3-6-18-34/h3-32H,2H2,1H3. The molecule has 0 amide bonds. The normalized spacial score (nSPS) is 14.9. The van der Waals surface area contributed by atoms with Crippen molar-refractivity contribution in [3.8, 4) is 39.1 Å². The number of aryl methyl sites for hydroxylation is 1. The zero-order valence-corrected chi connectivity index (χ0v) is 31.2. The van der Waals surface area contributed by atoms with Crippen molar-refractivity contribution in [2.45, 2.75) is 13.3 Å². The van der Waals surface area contributed by atoms with Crippen molar-refractivity contribution in [2.24, 2.45) is 0 Å². The first-order valence-corrected chi connectivity index (χ1v) is 20.7. The third-order valence-electron chi connectivity index (χ3n) is 11.5. The van der Waals surface area contributed by atoms with Gasteiger partial charge < -0.3 is 4.57 Å². The van der Waals surface area contributed by atoms with Crippen molar-refractivity contribution in [1.29, 1.82) is 0 Å². The molecule has 4 heteroatoms. The molecular formula is C51H35N2OP. The number of para-hydroxylation sites is 2. The van der Waals surface area contributed by atoms with Crippen LogP contribution in [0.1, 0.15) is 12.7 Å². The van der Waals surface area contributed by atoms with E-state index in [0.29, 0.717) is 0 Å². The van der Waals surface area contributed by atoms with Gasteiger partial charge in [0.2, 0.25) is 0 Å². The summed E-state index contributed by atoms with van der Waals surface area (Å²) in [6.07, 6.45) is 0.743. The molecule has 0 saturated heterocycles. The topological polar surface area (TPSA) is 34.9 Å². The predicted octanol–water partition coefficient (Wildman–Crippen LogP) is 12.0. The summed E-state index contributed by atoms with van der Waals surface area (Å²) in [6, 6.07) is 64.4. The van der Waals surface area contributed by atoms with E-state index in [0.717, 1.165) is 56.0 Å². The first-order valence-electron chi connectivity index (χ1n) is 19.0. The first kappa shape index (κ1) is 31.9. The molecule has 0 spiro atoms. The lowest BCUT2D eigenvalue weighted by Crippen LogP contribution is -2.33. The fourth-order valence-corrected chi connectivity index (χ4v) is 12.2. The molecule has 1 atom stereocenters. The molecule has 9 aromatic carbocycles. The summed E-state index contributed by atoms with van der Waals surface area (Å²) in [5.74, 6) is 0.963. The number of nitrogens with zero attached hydrogens (tertiary/aromatic N) is 2. The molecule has 1 aliphatic heterocycles. The third-order valence-corrected chi connectivity index (χ3v) is 14.6. The van der Waals surface area contributed by atoms with Crippen LogP contribution in [0.25, 0.3) is 82.4 Å². The molecular weight excluding hydrogens is 688 g/mol. The van der Waals surface area contributed by atoms with Gasteiger partial charge in [-0.1, -0.05) is 165 Å². The Morgan fingerprint density at radius 2 is 1.13 bits per heavy atom. The molecule has 0 radical (unpaired) electrons. The number of aromatic nitrogens is 2. The second kappa shape index (κ2) is 12.2. The second-order valence-electron chi connectivity index (χ2n) is 14.4. The molecule has 0 N–H and O–H groups in total. The van der Waals surface area contributed by atoms with Gasteiger partial charge in [-0.25, -0.2) is 4.98 Å². The van der Waals surface area contributed by atoms with Crippen LogP contribution in [0.4, 0.5) is 0 Å². The molecule has 1 unspecified atom stereocenters. The number of hydrogen-bond donors (Lipinski definition) is 0.